The molecule has 122 valence electrons. The fourth-order valence-electron chi connectivity index (χ4n) is 3.86. The first-order valence-corrected chi connectivity index (χ1v) is 8.34. The number of fused-ring (bicyclic) bond motifs is 1. The van der Waals surface area contributed by atoms with E-state index in [4.69, 9.17) is 4.42 Å². The minimum absolute atomic E-state index is 0.752. The van der Waals surface area contributed by atoms with Crippen molar-refractivity contribution < 1.29 is 4.42 Å². The number of oxazole rings is 1. The van der Waals surface area contributed by atoms with Gasteiger partial charge in [-0.1, -0.05) is 0 Å². The van der Waals surface area contributed by atoms with Gasteiger partial charge in [-0.05, 0) is 18.8 Å². The molecule has 2 saturated heterocycles. The van der Waals surface area contributed by atoms with Crippen molar-refractivity contribution in [2.45, 2.75) is 20.3 Å². The van der Waals surface area contributed by atoms with Gasteiger partial charge in [-0.25, -0.2) is 15.0 Å². The number of aryl methyl sites for hydroxylation is 2. The quantitative estimate of drug-likeness (QED) is 0.856. The largest absolute Gasteiger partial charge is 0.446 e. The molecule has 0 radical (unpaired) electrons. The summed E-state index contributed by atoms with van der Waals surface area (Å²) in [7, 11) is 0. The lowest BCUT2D eigenvalue weighted by molar-refractivity contribution is 0.309. The lowest BCUT2D eigenvalue weighted by atomic mass is 10.0. The van der Waals surface area contributed by atoms with Crippen LogP contribution in [0.25, 0.3) is 0 Å². The highest BCUT2D eigenvalue weighted by molar-refractivity contribution is 5.40. The smallest absolute Gasteiger partial charge is 0.191 e. The summed E-state index contributed by atoms with van der Waals surface area (Å²) in [4.78, 5) is 17.8. The molecule has 2 aliphatic heterocycles. The van der Waals surface area contributed by atoms with Crippen molar-refractivity contribution in [3.05, 3.63) is 35.9 Å². The van der Waals surface area contributed by atoms with Gasteiger partial charge in [-0.3, -0.25) is 0 Å². The Bertz CT molecular complexity index is 671. The van der Waals surface area contributed by atoms with Crippen molar-refractivity contribution >= 4 is 5.82 Å². The summed E-state index contributed by atoms with van der Waals surface area (Å²) >= 11 is 0. The highest BCUT2D eigenvalue weighted by atomic mass is 16.3. The lowest BCUT2D eigenvalue weighted by Gasteiger charge is -2.22. The van der Waals surface area contributed by atoms with Crippen LogP contribution < -0.4 is 4.90 Å². The molecule has 23 heavy (non-hydrogen) atoms. The van der Waals surface area contributed by atoms with Crippen LogP contribution in [0.3, 0.4) is 0 Å². The molecule has 0 bridgehead atoms. The van der Waals surface area contributed by atoms with Gasteiger partial charge in [0.25, 0.3) is 0 Å². The van der Waals surface area contributed by atoms with Crippen molar-refractivity contribution in [2.24, 2.45) is 11.8 Å². The Labute approximate surface area is 136 Å². The molecule has 2 fully saturated rings. The zero-order chi connectivity index (χ0) is 15.8. The maximum Gasteiger partial charge on any atom is 0.191 e. The summed E-state index contributed by atoms with van der Waals surface area (Å²) in [6.07, 6.45) is 4.48. The van der Waals surface area contributed by atoms with Gasteiger partial charge in [0.15, 0.2) is 5.89 Å². The van der Waals surface area contributed by atoms with Crippen molar-refractivity contribution in [3.8, 4) is 0 Å². The number of likely N-dealkylation sites (tertiary alicyclic amines) is 1. The van der Waals surface area contributed by atoms with E-state index >= 15 is 0 Å². The molecule has 0 saturated carbocycles. The first-order chi connectivity index (χ1) is 11.2. The third-order valence-electron chi connectivity index (χ3n) is 5.02. The standard InChI is InChI=1S/C17H23N5O/c1-12-5-17(20-11-19-12)22-9-14-7-21(8-15(14)10-22)4-3-16-6-18-13(2)23-16/h5-6,11,14-15H,3-4,7-10H2,1-2H3. The molecule has 0 aromatic carbocycles. The van der Waals surface area contributed by atoms with E-state index in [9.17, 15) is 0 Å². The molecule has 2 aromatic heterocycles. The van der Waals surface area contributed by atoms with Crippen molar-refractivity contribution in [3.63, 3.8) is 0 Å². The first kappa shape index (κ1) is 14.6. The number of hydrogen-bond acceptors (Lipinski definition) is 6. The minimum Gasteiger partial charge on any atom is -0.446 e. The molecule has 2 unspecified atom stereocenters. The van der Waals surface area contributed by atoms with E-state index in [0.29, 0.717) is 0 Å². The van der Waals surface area contributed by atoms with Crippen LogP contribution in [-0.4, -0.2) is 52.6 Å². The normalized spacial score (nSPS) is 24.3. The van der Waals surface area contributed by atoms with Crippen LogP contribution in [0.2, 0.25) is 0 Å². The summed E-state index contributed by atoms with van der Waals surface area (Å²) in [5.74, 6) is 4.34. The minimum atomic E-state index is 0.752. The number of rotatable bonds is 4. The van der Waals surface area contributed by atoms with E-state index in [0.717, 1.165) is 61.1 Å². The molecule has 2 aliphatic rings. The van der Waals surface area contributed by atoms with Gasteiger partial charge in [0.1, 0.15) is 17.9 Å². The molecule has 0 N–H and O–H groups in total. The molecule has 2 aromatic rings. The van der Waals surface area contributed by atoms with Crippen LogP contribution >= 0.6 is 0 Å². The van der Waals surface area contributed by atoms with Crippen molar-refractivity contribution in [1.82, 2.24) is 19.9 Å². The maximum absolute atomic E-state index is 5.56. The van der Waals surface area contributed by atoms with Crippen molar-refractivity contribution in [1.29, 1.82) is 0 Å². The highest BCUT2D eigenvalue weighted by Crippen LogP contribution is 2.33. The van der Waals surface area contributed by atoms with Crippen molar-refractivity contribution in [2.75, 3.05) is 37.6 Å². The average molecular weight is 313 g/mol. The second-order valence-corrected chi connectivity index (χ2v) is 6.80. The summed E-state index contributed by atoms with van der Waals surface area (Å²) in [6.45, 7) is 9.56. The first-order valence-electron chi connectivity index (χ1n) is 8.34. The molecule has 6 heteroatoms. The Balaban J connectivity index is 1.31. The topological polar surface area (TPSA) is 58.3 Å². The number of hydrogen-bond donors (Lipinski definition) is 0. The maximum atomic E-state index is 5.56. The van der Waals surface area contributed by atoms with Gasteiger partial charge in [0, 0.05) is 57.8 Å². The highest BCUT2D eigenvalue weighted by Gasteiger charge is 2.40. The second-order valence-electron chi connectivity index (χ2n) is 6.80. The molecular formula is C17H23N5O. The van der Waals surface area contributed by atoms with E-state index < -0.39 is 0 Å². The van der Waals surface area contributed by atoms with E-state index in [1.807, 2.05) is 20.0 Å². The van der Waals surface area contributed by atoms with Crippen LogP contribution in [0.15, 0.2) is 23.0 Å². The Hall–Kier alpha value is -1.95. The van der Waals surface area contributed by atoms with Gasteiger partial charge in [-0.15, -0.1) is 0 Å². The molecule has 4 rings (SSSR count). The molecule has 4 heterocycles. The van der Waals surface area contributed by atoms with Gasteiger partial charge in [0.2, 0.25) is 0 Å². The average Bonchev–Trinajstić information content (AvgIpc) is 3.19. The van der Waals surface area contributed by atoms with Gasteiger partial charge in [-0.2, -0.15) is 0 Å². The van der Waals surface area contributed by atoms with Crippen LogP contribution in [0.5, 0.6) is 0 Å². The Morgan fingerprint density at radius 3 is 2.52 bits per heavy atom. The molecular weight excluding hydrogens is 290 g/mol. The lowest BCUT2D eigenvalue weighted by Crippen LogP contribution is -2.30. The van der Waals surface area contributed by atoms with Gasteiger partial charge < -0.3 is 14.2 Å². The van der Waals surface area contributed by atoms with Gasteiger partial charge in [0.05, 0.1) is 6.20 Å². The fraction of sp³-hybridized carbons (Fsp3) is 0.588. The van der Waals surface area contributed by atoms with E-state index in [1.165, 1.54) is 13.1 Å². The molecule has 0 spiro atoms. The Kier molecular flexibility index (Phi) is 3.77. The predicted octanol–water partition coefficient (Wildman–Crippen LogP) is 1.69. The van der Waals surface area contributed by atoms with Crippen LogP contribution in [0.1, 0.15) is 17.3 Å². The van der Waals surface area contributed by atoms with E-state index in [1.54, 1.807) is 6.33 Å². The third kappa shape index (κ3) is 3.08. The molecule has 6 nitrogen and oxygen atoms in total. The van der Waals surface area contributed by atoms with Crippen LogP contribution in [0.4, 0.5) is 5.82 Å². The zero-order valence-corrected chi connectivity index (χ0v) is 13.8. The molecule has 0 amide bonds. The summed E-state index contributed by atoms with van der Waals surface area (Å²) in [6, 6.07) is 2.09. The Morgan fingerprint density at radius 2 is 1.87 bits per heavy atom. The van der Waals surface area contributed by atoms with Gasteiger partial charge >= 0.3 is 0 Å². The fourth-order valence-corrected chi connectivity index (χ4v) is 3.86. The zero-order valence-electron chi connectivity index (χ0n) is 13.8. The number of anilines is 1. The predicted molar refractivity (Wildman–Crippen MR) is 87.3 cm³/mol. The van der Waals surface area contributed by atoms with Crippen LogP contribution in [0, 0.1) is 25.7 Å². The summed E-state index contributed by atoms with van der Waals surface area (Å²) < 4.78 is 5.56. The number of nitrogens with zero attached hydrogens (tertiary/aromatic N) is 5. The third-order valence-corrected chi connectivity index (χ3v) is 5.02. The summed E-state index contributed by atoms with van der Waals surface area (Å²) in [5, 5.41) is 0. The molecule has 0 aliphatic carbocycles. The number of aromatic nitrogens is 3. The monoisotopic (exact) mass is 313 g/mol. The summed E-state index contributed by atoms with van der Waals surface area (Å²) in [5.41, 5.74) is 1.04. The van der Waals surface area contributed by atoms with E-state index in [-0.39, 0.29) is 0 Å². The molecule has 2 atom stereocenters. The van der Waals surface area contributed by atoms with Crippen LogP contribution in [-0.2, 0) is 6.42 Å². The second kappa shape index (κ2) is 5.92. The van der Waals surface area contributed by atoms with E-state index in [2.05, 4.69) is 30.8 Å². The Morgan fingerprint density at radius 1 is 1.09 bits per heavy atom. The SMILES string of the molecule is Cc1cc(N2CC3CN(CCc4cnc(C)o4)CC3C2)ncn1.